The van der Waals surface area contributed by atoms with Crippen LogP contribution in [-0.4, -0.2) is 9.55 Å². The molecule has 49 heavy (non-hydrogen) atoms. The van der Waals surface area contributed by atoms with Gasteiger partial charge in [-0.15, -0.1) is 0 Å². The first-order valence-electron chi connectivity index (χ1n) is 16.8. The number of benzene rings is 7. The highest BCUT2D eigenvalue weighted by Gasteiger charge is 2.49. The molecule has 3 nitrogen and oxygen atoms in total. The minimum atomic E-state index is -0.589. The van der Waals surface area contributed by atoms with Crippen molar-refractivity contribution in [3.05, 3.63) is 191 Å². The number of nitrogens with zero attached hydrogens (tertiary/aromatic N) is 2. The van der Waals surface area contributed by atoms with Crippen molar-refractivity contribution >= 4 is 45.1 Å². The third-order valence-electron chi connectivity index (χ3n) is 10.6. The maximum atomic E-state index is 6.58. The molecule has 0 saturated heterocycles. The van der Waals surface area contributed by atoms with Crippen molar-refractivity contribution < 1.29 is 4.42 Å². The lowest BCUT2D eigenvalue weighted by molar-refractivity contribution is 0.666. The van der Waals surface area contributed by atoms with E-state index in [1.807, 2.05) is 6.07 Å². The Morgan fingerprint density at radius 2 is 1.22 bits per heavy atom. The normalized spacial score (nSPS) is 15.8. The third-order valence-corrected chi connectivity index (χ3v) is 10.6. The first-order valence-corrected chi connectivity index (χ1v) is 16.8. The SMILES string of the molecule is C1=Cc2ccc(-c3nc4ccccc4n3-c3ccccc3)cc2C2(c3ccccc31)c1ccccc1-c1cc3c(cc12)oc1ccccc13. The van der Waals surface area contributed by atoms with Crippen molar-refractivity contribution in [2.24, 2.45) is 0 Å². The zero-order valence-electron chi connectivity index (χ0n) is 26.5. The van der Waals surface area contributed by atoms with E-state index in [1.165, 1.54) is 44.5 Å². The van der Waals surface area contributed by atoms with E-state index in [4.69, 9.17) is 9.40 Å². The van der Waals surface area contributed by atoms with Gasteiger partial charge in [0.05, 0.1) is 16.4 Å². The number of imidazole rings is 1. The van der Waals surface area contributed by atoms with Crippen LogP contribution in [-0.2, 0) is 5.41 Å². The van der Waals surface area contributed by atoms with Crippen LogP contribution in [0.5, 0.6) is 0 Å². The Bertz CT molecular complexity index is 2840. The summed E-state index contributed by atoms with van der Waals surface area (Å²) in [7, 11) is 0. The number of hydrogen-bond acceptors (Lipinski definition) is 2. The molecule has 0 aliphatic heterocycles. The van der Waals surface area contributed by atoms with Gasteiger partial charge < -0.3 is 4.42 Å². The van der Waals surface area contributed by atoms with Gasteiger partial charge in [0, 0.05) is 22.0 Å². The van der Waals surface area contributed by atoms with E-state index in [-0.39, 0.29) is 0 Å². The van der Waals surface area contributed by atoms with Crippen molar-refractivity contribution in [2.45, 2.75) is 5.41 Å². The van der Waals surface area contributed by atoms with Crippen LogP contribution in [0.3, 0.4) is 0 Å². The predicted octanol–water partition coefficient (Wildman–Crippen LogP) is 11.4. The zero-order chi connectivity index (χ0) is 32.1. The Labute approximate surface area is 283 Å². The van der Waals surface area contributed by atoms with Crippen molar-refractivity contribution in [1.82, 2.24) is 9.55 Å². The molecule has 1 unspecified atom stereocenters. The van der Waals surface area contributed by atoms with Crippen molar-refractivity contribution in [3.63, 3.8) is 0 Å². The fraction of sp³-hybridized carbons (Fsp3) is 0.0217. The van der Waals surface area contributed by atoms with Gasteiger partial charge in [0.1, 0.15) is 17.0 Å². The van der Waals surface area contributed by atoms with E-state index in [9.17, 15) is 0 Å². The first kappa shape index (κ1) is 26.6. The van der Waals surface area contributed by atoms with Gasteiger partial charge in [-0.2, -0.15) is 0 Å². The maximum Gasteiger partial charge on any atom is 0.145 e. The Morgan fingerprint density at radius 1 is 0.490 bits per heavy atom. The van der Waals surface area contributed by atoms with E-state index in [0.717, 1.165) is 50.0 Å². The molecule has 3 heteroatoms. The third kappa shape index (κ3) is 3.54. The minimum absolute atomic E-state index is 0.589. The van der Waals surface area contributed by atoms with Gasteiger partial charge in [0.15, 0.2) is 0 Å². The molecule has 9 aromatic rings. The molecule has 11 rings (SSSR count). The van der Waals surface area contributed by atoms with Gasteiger partial charge in [-0.25, -0.2) is 4.98 Å². The minimum Gasteiger partial charge on any atom is -0.456 e. The van der Waals surface area contributed by atoms with Gasteiger partial charge in [-0.1, -0.05) is 121 Å². The molecule has 1 atom stereocenters. The highest BCUT2D eigenvalue weighted by Crippen LogP contribution is 2.59. The van der Waals surface area contributed by atoms with Crippen molar-refractivity contribution in [2.75, 3.05) is 0 Å². The summed E-state index contributed by atoms with van der Waals surface area (Å²) in [5.74, 6) is 0.922. The summed E-state index contributed by atoms with van der Waals surface area (Å²) >= 11 is 0. The van der Waals surface area contributed by atoms with E-state index < -0.39 is 5.41 Å². The van der Waals surface area contributed by atoms with E-state index in [2.05, 4.69) is 168 Å². The fourth-order valence-electron chi connectivity index (χ4n) is 8.61. The van der Waals surface area contributed by atoms with Crippen LogP contribution >= 0.6 is 0 Å². The van der Waals surface area contributed by atoms with Crippen LogP contribution < -0.4 is 0 Å². The van der Waals surface area contributed by atoms with Crippen LogP contribution in [0.4, 0.5) is 0 Å². The molecule has 0 saturated carbocycles. The zero-order valence-corrected chi connectivity index (χ0v) is 26.5. The number of rotatable bonds is 2. The highest BCUT2D eigenvalue weighted by atomic mass is 16.3. The Balaban J connectivity index is 1.27. The molecule has 2 aliphatic carbocycles. The monoisotopic (exact) mass is 624 g/mol. The van der Waals surface area contributed by atoms with Crippen LogP contribution in [0.1, 0.15) is 33.4 Å². The van der Waals surface area contributed by atoms with E-state index in [1.54, 1.807) is 0 Å². The second-order valence-electron chi connectivity index (χ2n) is 13.1. The largest absolute Gasteiger partial charge is 0.456 e. The Hall–Kier alpha value is -6.45. The van der Waals surface area contributed by atoms with Crippen LogP contribution in [0.25, 0.3) is 73.3 Å². The summed E-state index contributed by atoms with van der Waals surface area (Å²) in [4.78, 5) is 5.27. The molecule has 2 aliphatic rings. The molecule has 0 N–H and O–H groups in total. The molecular formula is C46H28N2O. The smallest absolute Gasteiger partial charge is 0.145 e. The van der Waals surface area contributed by atoms with Gasteiger partial charge in [-0.05, 0) is 93.0 Å². The maximum absolute atomic E-state index is 6.58. The second kappa shape index (κ2) is 9.79. The summed E-state index contributed by atoms with van der Waals surface area (Å²) in [6.07, 6.45) is 4.56. The van der Waals surface area contributed by atoms with Crippen LogP contribution in [0.15, 0.2) is 162 Å². The second-order valence-corrected chi connectivity index (χ2v) is 13.1. The Kier molecular flexibility index (Phi) is 5.31. The molecule has 0 fully saturated rings. The lowest BCUT2D eigenvalue weighted by atomic mass is 9.65. The topological polar surface area (TPSA) is 31.0 Å². The lowest BCUT2D eigenvalue weighted by Crippen LogP contribution is -2.30. The molecule has 2 heterocycles. The molecule has 0 amide bonds. The number of hydrogen-bond donors (Lipinski definition) is 0. The van der Waals surface area contributed by atoms with Crippen molar-refractivity contribution in [3.8, 4) is 28.2 Å². The highest BCUT2D eigenvalue weighted by molar-refractivity contribution is 6.08. The fourth-order valence-corrected chi connectivity index (χ4v) is 8.61. The molecule has 7 aromatic carbocycles. The standard InChI is InChI=1S/C46H28N2O/c1-2-13-32(14-3-1)48-42-20-10-9-19-41(42)47-45(48)31-25-24-30-23-22-29-12-4-7-17-37(29)46(39(30)26-31)38-18-8-5-15-33(38)35-27-36-34-16-6-11-21-43(34)49-44(36)28-40(35)46/h1-28H. The lowest BCUT2D eigenvalue weighted by Gasteiger charge is -2.35. The Morgan fingerprint density at radius 3 is 2.14 bits per heavy atom. The van der Waals surface area contributed by atoms with E-state index in [0.29, 0.717) is 0 Å². The predicted molar refractivity (Wildman–Crippen MR) is 200 cm³/mol. The molecule has 1 spiro atoms. The average Bonchev–Trinajstić information content (AvgIpc) is 3.78. The molecular weight excluding hydrogens is 597 g/mol. The van der Waals surface area contributed by atoms with Gasteiger partial charge in [0.25, 0.3) is 0 Å². The quantitative estimate of drug-likeness (QED) is 0.192. The average molecular weight is 625 g/mol. The van der Waals surface area contributed by atoms with Crippen LogP contribution in [0.2, 0.25) is 0 Å². The molecule has 2 aromatic heterocycles. The van der Waals surface area contributed by atoms with Gasteiger partial charge in [0.2, 0.25) is 0 Å². The number of fused-ring (bicyclic) bond motifs is 13. The summed E-state index contributed by atoms with van der Waals surface area (Å²) in [5, 5.41) is 2.29. The molecule has 0 bridgehead atoms. The molecule has 0 radical (unpaired) electrons. The summed E-state index contributed by atoms with van der Waals surface area (Å²) in [6, 6.07) is 56.8. The summed E-state index contributed by atoms with van der Waals surface area (Å²) in [5.41, 5.74) is 15.4. The van der Waals surface area contributed by atoms with Gasteiger partial charge >= 0.3 is 0 Å². The molecule has 228 valence electrons. The van der Waals surface area contributed by atoms with Gasteiger partial charge in [-0.3, -0.25) is 4.57 Å². The number of furan rings is 1. The number of aromatic nitrogens is 2. The number of para-hydroxylation sites is 4. The van der Waals surface area contributed by atoms with E-state index >= 15 is 0 Å². The summed E-state index contributed by atoms with van der Waals surface area (Å²) in [6.45, 7) is 0. The van der Waals surface area contributed by atoms with Crippen LogP contribution in [0, 0.1) is 0 Å². The van der Waals surface area contributed by atoms with Crippen molar-refractivity contribution in [1.29, 1.82) is 0 Å². The first-order chi connectivity index (χ1) is 24.3. The summed E-state index contributed by atoms with van der Waals surface area (Å²) < 4.78 is 8.87.